The van der Waals surface area contributed by atoms with Gasteiger partial charge in [-0.2, -0.15) is 6.08 Å². The molecule has 10 heavy (non-hydrogen) atoms. The van der Waals surface area contributed by atoms with Crippen LogP contribution in [0.2, 0.25) is 0 Å². The van der Waals surface area contributed by atoms with Gasteiger partial charge in [0.2, 0.25) is 0 Å². The molecule has 0 radical (unpaired) electrons. The second-order valence-electron chi connectivity index (χ2n) is 1.00. The Kier molecular flexibility index (Phi) is 38.3. The van der Waals surface area contributed by atoms with Crippen molar-refractivity contribution in [2.75, 3.05) is 0 Å². The summed E-state index contributed by atoms with van der Waals surface area (Å²) in [7, 11) is 0. The molecular formula is C7H9MoO2-. The van der Waals surface area contributed by atoms with E-state index < -0.39 is 0 Å². The van der Waals surface area contributed by atoms with Crippen LogP contribution in [0, 0.1) is 6.08 Å². The van der Waals surface area contributed by atoms with Crippen LogP contribution in [-0.2, 0) is 30.7 Å². The third kappa shape index (κ3) is 15.6. The molecule has 0 aliphatic heterocycles. The molecule has 0 bridgehead atoms. The molecule has 0 spiro atoms. The number of carbonyl (C=O) groups is 2. The number of carbonyl (C=O) groups excluding carboxylic acids is 2. The monoisotopic (exact) mass is 223 g/mol. The van der Waals surface area contributed by atoms with Gasteiger partial charge in [-0.15, -0.1) is 6.42 Å². The zero-order chi connectivity index (χ0) is 7.54. The Balaban J connectivity index is -0.0000000875. The van der Waals surface area contributed by atoms with Crippen molar-refractivity contribution < 1.29 is 30.7 Å². The van der Waals surface area contributed by atoms with Gasteiger partial charge in [-0.05, 0) is 0 Å². The third-order valence-electron chi connectivity index (χ3n) is 0.586. The summed E-state index contributed by atoms with van der Waals surface area (Å²) in [5.41, 5.74) is 0. The average Bonchev–Trinajstić information content (AvgIpc) is 2.51. The van der Waals surface area contributed by atoms with Crippen LogP contribution < -0.4 is 0 Å². The Hall–Kier alpha value is -0.492. The van der Waals surface area contributed by atoms with Gasteiger partial charge < -0.3 is 9.59 Å². The van der Waals surface area contributed by atoms with Gasteiger partial charge in [0.05, 0.1) is 0 Å². The van der Waals surface area contributed by atoms with E-state index in [1.807, 2.05) is 25.7 Å². The molecule has 2 nitrogen and oxygen atoms in total. The van der Waals surface area contributed by atoms with Gasteiger partial charge in [-0.25, -0.2) is 12.2 Å². The van der Waals surface area contributed by atoms with E-state index in [0.717, 1.165) is 6.42 Å². The third-order valence-corrected chi connectivity index (χ3v) is 0.586. The zero-order valence-corrected chi connectivity index (χ0v) is 7.59. The number of hydrogen-bond acceptors (Lipinski definition) is 2. The molecular weight excluding hydrogens is 212 g/mol. The van der Waals surface area contributed by atoms with Crippen molar-refractivity contribution in [1.29, 1.82) is 0 Å². The van der Waals surface area contributed by atoms with Crippen molar-refractivity contribution in [3.05, 3.63) is 24.3 Å². The molecule has 0 saturated heterocycles. The summed E-state index contributed by atoms with van der Waals surface area (Å²) in [6.07, 6.45) is 10.0. The second-order valence-corrected chi connectivity index (χ2v) is 1.00. The average molecular weight is 221 g/mol. The van der Waals surface area contributed by atoms with E-state index in [-0.39, 0.29) is 21.1 Å². The summed E-state index contributed by atoms with van der Waals surface area (Å²) < 4.78 is 0. The number of allylic oxidation sites excluding steroid dienone is 4. The van der Waals surface area contributed by atoms with E-state index in [2.05, 4.69) is 12.2 Å². The van der Waals surface area contributed by atoms with Crippen molar-refractivity contribution in [2.45, 2.75) is 6.42 Å². The van der Waals surface area contributed by atoms with Crippen molar-refractivity contribution >= 4 is 13.6 Å². The maximum Gasteiger partial charge on any atom is 0.106 e. The first-order valence-corrected chi connectivity index (χ1v) is 2.29. The van der Waals surface area contributed by atoms with Gasteiger partial charge in [0.1, 0.15) is 13.6 Å². The summed E-state index contributed by atoms with van der Waals surface area (Å²) in [6, 6.07) is 0. The van der Waals surface area contributed by atoms with Gasteiger partial charge in [0.15, 0.2) is 0 Å². The predicted octanol–water partition coefficient (Wildman–Crippen LogP) is 0.933. The van der Waals surface area contributed by atoms with E-state index in [9.17, 15) is 0 Å². The largest absolute Gasteiger partial charge is 0.307 e. The minimum Gasteiger partial charge on any atom is -0.307 e. The Morgan fingerprint density at radius 3 is 1.80 bits per heavy atom. The normalized spacial score (nSPS) is 9.60. The zero-order valence-electron chi connectivity index (χ0n) is 5.58. The predicted molar refractivity (Wildman–Crippen MR) is 35.8 cm³/mol. The van der Waals surface area contributed by atoms with Crippen LogP contribution in [0.25, 0.3) is 0 Å². The summed E-state index contributed by atoms with van der Waals surface area (Å²) >= 11 is 0. The molecule has 0 aromatic carbocycles. The fraction of sp³-hybridized carbons (Fsp3) is 0.143. The topological polar surface area (TPSA) is 34.1 Å². The smallest absolute Gasteiger partial charge is 0.106 e. The molecule has 0 aromatic heterocycles. The fourth-order valence-electron chi connectivity index (χ4n) is 0.340. The summed E-state index contributed by atoms with van der Waals surface area (Å²) in [4.78, 5) is 16.0. The van der Waals surface area contributed by atoms with Gasteiger partial charge >= 0.3 is 0 Å². The minimum absolute atomic E-state index is 0. The Morgan fingerprint density at radius 2 is 1.70 bits per heavy atom. The van der Waals surface area contributed by atoms with E-state index >= 15 is 0 Å². The van der Waals surface area contributed by atoms with Crippen LogP contribution in [0.3, 0.4) is 0 Å². The number of hydrogen-bond donors (Lipinski definition) is 0. The van der Waals surface area contributed by atoms with E-state index in [1.165, 1.54) is 0 Å². The molecule has 1 aliphatic carbocycles. The summed E-state index contributed by atoms with van der Waals surface area (Å²) in [6.45, 7) is 4.00. The Bertz CT molecular complexity index is 87.8. The van der Waals surface area contributed by atoms with Gasteiger partial charge in [0.25, 0.3) is 0 Å². The molecule has 0 fully saturated rings. The molecule has 0 heterocycles. The maximum atomic E-state index is 8.00. The van der Waals surface area contributed by atoms with E-state index in [4.69, 9.17) is 9.59 Å². The standard InChI is InChI=1S/C5H5.2CH2O.Mo/c1-2-4-5-3-1;2*1-2;/h1-3H,4H2;2*1H2;/q-1;;;. The van der Waals surface area contributed by atoms with E-state index in [1.54, 1.807) is 0 Å². The van der Waals surface area contributed by atoms with Crippen molar-refractivity contribution in [3.8, 4) is 0 Å². The van der Waals surface area contributed by atoms with Crippen LogP contribution >= 0.6 is 0 Å². The molecule has 0 aromatic rings. The van der Waals surface area contributed by atoms with Crippen LogP contribution in [0.1, 0.15) is 6.42 Å². The molecule has 0 unspecified atom stereocenters. The first kappa shape index (κ1) is 16.3. The van der Waals surface area contributed by atoms with Gasteiger partial charge in [0, 0.05) is 21.1 Å². The first-order valence-electron chi connectivity index (χ1n) is 2.29. The molecule has 56 valence electrons. The summed E-state index contributed by atoms with van der Waals surface area (Å²) in [5, 5.41) is 0. The van der Waals surface area contributed by atoms with Crippen molar-refractivity contribution in [3.63, 3.8) is 0 Å². The molecule has 1 rings (SSSR count). The quantitative estimate of drug-likeness (QED) is 0.450. The molecule has 0 amide bonds. The van der Waals surface area contributed by atoms with Gasteiger partial charge in [-0.1, -0.05) is 0 Å². The molecule has 0 saturated carbocycles. The van der Waals surface area contributed by atoms with Crippen LogP contribution in [0.5, 0.6) is 0 Å². The Labute approximate surface area is 75.3 Å². The van der Waals surface area contributed by atoms with Crippen molar-refractivity contribution in [1.82, 2.24) is 0 Å². The molecule has 0 N–H and O–H groups in total. The van der Waals surface area contributed by atoms with Gasteiger partial charge in [-0.3, -0.25) is 6.08 Å². The fourth-order valence-corrected chi connectivity index (χ4v) is 0.340. The van der Waals surface area contributed by atoms with Crippen molar-refractivity contribution in [2.24, 2.45) is 0 Å². The Morgan fingerprint density at radius 1 is 1.20 bits per heavy atom. The molecule has 0 atom stereocenters. The van der Waals surface area contributed by atoms with Crippen LogP contribution in [0.15, 0.2) is 18.2 Å². The SMILES string of the molecule is C=O.C=O.[C-]1=CC=CC1.[Mo]. The van der Waals surface area contributed by atoms with E-state index in [0.29, 0.717) is 0 Å². The maximum absolute atomic E-state index is 8.00. The van der Waals surface area contributed by atoms with Crippen LogP contribution in [-0.4, -0.2) is 13.6 Å². The molecule has 1 aliphatic rings. The molecule has 3 heteroatoms. The number of rotatable bonds is 0. The summed E-state index contributed by atoms with van der Waals surface area (Å²) in [5.74, 6) is 0. The minimum atomic E-state index is 0. The second kappa shape index (κ2) is 23.6. The van der Waals surface area contributed by atoms with Crippen LogP contribution in [0.4, 0.5) is 0 Å². The first-order chi connectivity index (χ1) is 4.50.